The highest BCUT2D eigenvalue weighted by atomic mass is 35.5. The normalized spacial score (nSPS) is 10.5. The molecule has 0 aliphatic rings. The van der Waals surface area contributed by atoms with Crippen LogP contribution in [0.1, 0.15) is 28.4 Å². The van der Waals surface area contributed by atoms with E-state index < -0.39 is 0 Å². The van der Waals surface area contributed by atoms with E-state index in [-0.39, 0.29) is 21.4 Å². The highest BCUT2D eigenvalue weighted by Crippen LogP contribution is 2.30. The standard InChI is InChI=1S/C15H11Cl3O/c1-2-9-3-5-10(6-4-9)15(19)14-12(17)7-11(16)8-13(14)18/h3-8H,2H2,1H3. The third-order valence-corrected chi connectivity index (χ3v) is 3.67. The summed E-state index contributed by atoms with van der Waals surface area (Å²) < 4.78 is 0. The van der Waals surface area contributed by atoms with E-state index in [2.05, 4.69) is 6.92 Å². The van der Waals surface area contributed by atoms with Crippen molar-refractivity contribution in [1.29, 1.82) is 0 Å². The Bertz CT molecular complexity index is 595. The predicted octanol–water partition coefficient (Wildman–Crippen LogP) is 5.44. The molecule has 0 spiro atoms. The van der Waals surface area contributed by atoms with E-state index in [1.807, 2.05) is 12.1 Å². The molecule has 0 aliphatic carbocycles. The molecule has 0 fully saturated rings. The van der Waals surface area contributed by atoms with Crippen LogP contribution in [0.4, 0.5) is 0 Å². The number of carbonyl (C=O) groups excluding carboxylic acids is 1. The quantitative estimate of drug-likeness (QED) is 0.690. The minimum Gasteiger partial charge on any atom is -0.288 e. The molecule has 0 aromatic heterocycles. The molecule has 2 aromatic rings. The Morgan fingerprint density at radius 1 is 1.00 bits per heavy atom. The molecule has 0 amide bonds. The maximum atomic E-state index is 12.4. The molecular formula is C15H11Cl3O. The van der Waals surface area contributed by atoms with Gasteiger partial charge in [0.05, 0.1) is 15.6 Å². The molecule has 0 radical (unpaired) electrons. The zero-order chi connectivity index (χ0) is 14.0. The first-order chi connectivity index (χ1) is 9.02. The summed E-state index contributed by atoms with van der Waals surface area (Å²) in [4.78, 5) is 12.4. The summed E-state index contributed by atoms with van der Waals surface area (Å²) in [5.41, 5.74) is 2.02. The van der Waals surface area contributed by atoms with Crippen molar-refractivity contribution in [2.24, 2.45) is 0 Å². The second-order valence-electron chi connectivity index (χ2n) is 4.12. The van der Waals surface area contributed by atoms with E-state index in [0.29, 0.717) is 10.6 Å². The van der Waals surface area contributed by atoms with Gasteiger partial charge in [-0.2, -0.15) is 0 Å². The van der Waals surface area contributed by atoms with Crippen molar-refractivity contribution < 1.29 is 4.79 Å². The molecule has 0 bridgehead atoms. The summed E-state index contributed by atoms with van der Waals surface area (Å²) in [5, 5.41) is 0.942. The zero-order valence-corrected chi connectivity index (χ0v) is 12.5. The van der Waals surface area contributed by atoms with Crippen molar-refractivity contribution >= 4 is 40.6 Å². The number of hydrogen-bond acceptors (Lipinski definition) is 1. The topological polar surface area (TPSA) is 17.1 Å². The molecule has 0 atom stereocenters. The molecular weight excluding hydrogens is 303 g/mol. The van der Waals surface area contributed by atoms with E-state index in [4.69, 9.17) is 34.8 Å². The molecule has 0 heterocycles. The van der Waals surface area contributed by atoms with E-state index in [9.17, 15) is 4.79 Å². The smallest absolute Gasteiger partial charge is 0.196 e. The molecule has 0 saturated carbocycles. The van der Waals surface area contributed by atoms with Gasteiger partial charge in [0.25, 0.3) is 0 Å². The Hall–Kier alpha value is -1.02. The van der Waals surface area contributed by atoms with Crippen LogP contribution in [-0.2, 0) is 6.42 Å². The van der Waals surface area contributed by atoms with Gasteiger partial charge in [0.15, 0.2) is 5.78 Å². The number of aryl methyl sites for hydroxylation is 1. The molecule has 4 heteroatoms. The Balaban J connectivity index is 2.44. The van der Waals surface area contributed by atoms with Crippen LogP contribution in [0, 0.1) is 0 Å². The maximum absolute atomic E-state index is 12.4. The van der Waals surface area contributed by atoms with E-state index >= 15 is 0 Å². The lowest BCUT2D eigenvalue weighted by Gasteiger charge is -2.07. The van der Waals surface area contributed by atoms with Crippen molar-refractivity contribution in [3.8, 4) is 0 Å². The molecule has 98 valence electrons. The Labute approximate surface area is 127 Å². The van der Waals surface area contributed by atoms with Gasteiger partial charge in [0, 0.05) is 10.6 Å². The molecule has 2 rings (SSSR count). The fourth-order valence-electron chi connectivity index (χ4n) is 1.80. The average Bonchev–Trinajstić information content (AvgIpc) is 2.37. The van der Waals surface area contributed by atoms with Gasteiger partial charge in [-0.3, -0.25) is 4.79 Å². The van der Waals surface area contributed by atoms with Gasteiger partial charge in [-0.1, -0.05) is 66.0 Å². The summed E-state index contributed by atoms with van der Waals surface area (Å²) in [5.74, 6) is -0.200. The minimum atomic E-state index is -0.200. The summed E-state index contributed by atoms with van der Waals surface area (Å²) in [6, 6.07) is 10.4. The van der Waals surface area contributed by atoms with Gasteiger partial charge in [-0.15, -0.1) is 0 Å². The van der Waals surface area contributed by atoms with Crippen LogP contribution in [0.25, 0.3) is 0 Å². The third kappa shape index (κ3) is 3.11. The maximum Gasteiger partial charge on any atom is 0.196 e. The predicted molar refractivity (Wildman–Crippen MR) is 80.7 cm³/mol. The highest BCUT2D eigenvalue weighted by molar-refractivity contribution is 6.43. The molecule has 0 aliphatic heterocycles. The fourth-order valence-corrected chi connectivity index (χ4v) is 2.78. The largest absolute Gasteiger partial charge is 0.288 e. The van der Waals surface area contributed by atoms with Crippen LogP contribution in [0.15, 0.2) is 36.4 Å². The Morgan fingerprint density at radius 2 is 1.53 bits per heavy atom. The minimum absolute atomic E-state index is 0.200. The van der Waals surface area contributed by atoms with Crippen LogP contribution in [0.2, 0.25) is 15.1 Å². The summed E-state index contributed by atoms with van der Waals surface area (Å²) in [7, 11) is 0. The monoisotopic (exact) mass is 312 g/mol. The number of benzene rings is 2. The van der Waals surface area contributed by atoms with Gasteiger partial charge < -0.3 is 0 Å². The van der Waals surface area contributed by atoms with E-state index in [1.54, 1.807) is 12.1 Å². The molecule has 0 N–H and O–H groups in total. The van der Waals surface area contributed by atoms with Gasteiger partial charge >= 0.3 is 0 Å². The van der Waals surface area contributed by atoms with Crippen LogP contribution >= 0.6 is 34.8 Å². The summed E-state index contributed by atoms with van der Waals surface area (Å²) in [6.07, 6.45) is 0.928. The fraction of sp³-hybridized carbons (Fsp3) is 0.133. The molecule has 0 unspecified atom stereocenters. The van der Waals surface area contributed by atoms with Gasteiger partial charge in [0.2, 0.25) is 0 Å². The SMILES string of the molecule is CCc1ccc(C(=O)c2c(Cl)cc(Cl)cc2Cl)cc1. The van der Waals surface area contributed by atoms with Crippen LogP contribution in [0.3, 0.4) is 0 Å². The molecule has 2 aromatic carbocycles. The number of rotatable bonds is 3. The highest BCUT2D eigenvalue weighted by Gasteiger charge is 2.17. The Kier molecular flexibility index (Phi) is 4.51. The summed E-state index contributed by atoms with van der Waals surface area (Å²) in [6.45, 7) is 2.06. The molecule has 0 saturated heterocycles. The number of halogens is 3. The lowest BCUT2D eigenvalue weighted by molar-refractivity contribution is 0.103. The lowest BCUT2D eigenvalue weighted by atomic mass is 10.0. The Morgan fingerprint density at radius 3 is 2.00 bits per heavy atom. The van der Waals surface area contributed by atoms with Crippen LogP contribution in [-0.4, -0.2) is 5.78 Å². The number of ketones is 1. The van der Waals surface area contributed by atoms with Crippen LogP contribution in [0.5, 0.6) is 0 Å². The first-order valence-electron chi connectivity index (χ1n) is 5.81. The van der Waals surface area contributed by atoms with E-state index in [1.165, 1.54) is 17.7 Å². The molecule has 19 heavy (non-hydrogen) atoms. The second kappa shape index (κ2) is 5.96. The number of hydrogen-bond donors (Lipinski definition) is 0. The van der Waals surface area contributed by atoms with Gasteiger partial charge in [0.1, 0.15) is 0 Å². The van der Waals surface area contributed by atoms with Crippen molar-refractivity contribution in [2.45, 2.75) is 13.3 Å². The zero-order valence-electron chi connectivity index (χ0n) is 10.2. The molecule has 1 nitrogen and oxygen atoms in total. The van der Waals surface area contributed by atoms with Crippen molar-refractivity contribution in [3.63, 3.8) is 0 Å². The lowest BCUT2D eigenvalue weighted by Crippen LogP contribution is -2.03. The van der Waals surface area contributed by atoms with E-state index in [0.717, 1.165) is 6.42 Å². The first kappa shape index (κ1) is 14.4. The van der Waals surface area contributed by atoms with Crippen molar-refractivity contribution in [2.75, 3.05) is 0 Å². The van der Waals surface area contributed by atoms with Crippen molar-refractivity contribution in [1.82, 2.24) is 0 Å². The van der Waals surface area contributed by atoms with Crippen molar-refractivity contribution in [3.05, 3.63) is 68.2 Å². The first-order valence-corrected chi connectivity index (χ1v) is 6.94. The number of carbonyl (C=O) groups is 1. The van der Waals surface area contributed by atoms with Gasteiger partial charge in [-0.05, 0) is 24.1 Å². The third-order valence-electron chi connectivity index (χ3n) is 2.86. The van der Waals surface area contributed by atoms with Gasteiger partial charge in [-0.25, -0.2) is 0 Å². The average molecular weight is 314 g/mol. The van der Waals surface area contributed by atoms with Crippen LogP contribution < -0.4 is 0 Å². The second-order valence-corrected chi connectivity index (χ2v) is 5.37. The summed E-state index contributed by atoms with van der Waals surface area (Å²) >= 11 is 17.9.